The molecule has 1 aromatic carbocycles. The maximum Gasteiger partial charge on any atom is 0.227 e. The first-order chi connectivity index (χ1) is 14.8. The van der Waals surface area contributed by atoms with Crippen molar-refractivity contribution < 1.29 is 9.53 Å². The lowest BCUT2D eigenvalue weighted by molar-refractivity contribution is -0.118. The Hall–Kier alpha value is -2.28. The van der Waals surface area contributed by atoms with Crippen molar-refractivity contribution in [3.8, 4) is 5.75 Å². The number of anilines is 1. The Labute approximate surface area is 188 Å². The van der Waals surface area contributed by atoms with Gasteiger partial charge in [-0.05, 0) is 47.6 Å². The fourth-order valence-electron chi connectivity index (χ4n) is 4.25. The fourth-order valence-corrected chi connectivity index (χ4v) is 4.80. The van der Waals surface area contributed by atoms with Gasteiger partial charge in [0, 0.05) is 17.7 Å². The summed E-state index contributed by atoms with van der Waals surface area (Å²) in [6.07, 6.45) is 2.39. The molecule has 4 rings (SSSR count). The highest BCUT2D eigenvalue weighted by atomic mass is 32.2. The Balaban J connectivity index is 1.69. The van der Waals surface area contributed by atoms with Crippen LogP contribution in [0.3, 0.4) is 0 Å². The molecule has 0 spiro atoms. The third kappa shape index (κ3) is 4.66. The molecular weight excluding hydrogens is 408 g/mol. The summed E-state index contributed by atoms with van der Waals surface area (Å²) in [5.74, 6) is 3.26. The minimum absolute atomic E-state index is 0.0647. The van der Waals surface area contributed by atoms with E-state index in [0.717, 1.165) is 46.3 Å². The van der Waals surface area contributed by atoms with E-state index < -0.39 is 0 Å². The van der Waals surface area contributed by atoms with Gasteiger partial charge in [0.1, 0.15) is 11.8 Å². The van der Waals surface area contributed by atoms with Gasteiger partial charge in [-0.1, -0.05) is 58.5 Å². The number of carbonyl (C=O) groups excluding carboxylic acids is 1. The molecule has 1 aliphatic heterocycles. The number of thioether (sulfide) groups is 1. The lowest BCUT2D eigenvalue weighted by Crippen LogP contribution is -2.36. The van der Waals surface area contributed by atoms with Crippen LogP contribution in [0.1, 0.15) is 65.5 Å². The van der Waals surface area contributed by atoms with Gasteiger partial charge in [0.25, 0.3) is 0 Å². The molecule has 0 bridgehead atoms. The third-order valence-electron chi connectivity index (χ3n) is 5.75. The normalized spacial score (nSPS) is 19.8. The van der Waals surface area contributed by atoms with E-state index in [9.17, 15) is 4.79 Å². The fraction of sp³-hybridized carbons (Fsp3) is 0.542. The highest BCUT2D eigenvalue weighted by Gasteiger charge is 2.41. The van der Waals surface area contributed by atoms with Crippen LogP contribution in [0.5, 0.6) is 5.75 Å². The first kappa shape index (κ1) is 21.9. The van der Waals surface area contributed by atoms with Gasteiger partial charge in [-0.25, -0.2) is 4.68 Å². The second-order valence-corrected chi connectivity index (χ2v) is 10.8. The van der Waals surface area contributed by atoms with E-state index in [-0.39, 0.29) is 17.2 Å². The summed E-state index contributed by atoms with van der Waals surface area (Å²) in [7, 11) is 0. The van der Waals surface area contributed by atoms with Gasteiger partial charge in [0.2, 0.25) is 11.1 Å². The number of hydrogen-bond acceptors (Lipinski definition) is 6. The van der Waals surface area contributed by atoms with E-state index >= 15 is 0 Å². The molecule has 1 unspecified atom stereocenters. The molecule has 31 heavy (non-hydrogen) atoms. The van der Waals surface area contributed by atoms with Crippen LogP contribution in [0.4, 0.5) is 5.95 Å². The predicted molar refractivity (Wildman–Crippen MR) is 125 cm³/mol. The summed E-state index contributed by atoms with van der Waals surface area (Å²) >= 11 is 1.61. The number of nitrogens with zero attached hydrogens (tertiary/aromatic N) is 3. The Kier molecular flexibility index (Phi) is 6.15. The molecule has 6 nitrogen and oxygen atoms in total. The van der Waals surface area contributed by atoms with E-state index in [1.165, 1.54) is 0 Å². The van der Waals surface area contributed by atoms with Gasteiger partial charge in [0.05, 0.1) is 6.61 Å². The molecule has 1 aromatic heterocycles. The van der Waals surface area contributed by atoms with E-state index in [1.807, 2.05) is 16.8 Å². The van der Waals surface area contributed by atoms with Crippen molar-refractivity contribution in [1.82, 2.24) is 14.8 Å². The zero-order chi connectivity index (χ0) is 22.2. The zero-order valence-electron chi connectivity index (χ0n) is 19.1. The average Bonchev–Trinajstić information content (AvgIpc) is 3.08. The van der Waals surface area contributed by atoms with Gasteiger partial charge in [-0.3, -0.25) is 4.79 Å². The van der Waals surface area contributed by atoms with Crippen molar-refractivity contribution in [2.45, 2.75) is 65.1 Å². The summed E-state index contributed by atoms with van der Waals surface area (Å²) in [6, 6.07) is 7.83. The minimum atomic E-state index is -0.265. The van der Waals surface area contributed by atoms with Crippen LogP contribution in [0, 0.1) is 11.3 Å². The van der Waals surface area contributed by atoms with Crippen molar-refractivity contribution in [1.29, 1.82) is 0 Å². The lowest BCUT2D eigenvalue weighted by Gasteiger charge is -2.38. The molecule has 2 aromatic rings. The second-order valence-electron chi connectivity index (χ2n) is 9.56. The second kappa shape index (κ2) is 8.69. The van der Waals surface area contributed by atoms with Crippen molar-refractivity contribution in [2.24, 2.45) is 11.3 Å². The van der Waals surface area contributed by atoms with Crippen LogP contribution in [-0.2, 0) is 4.79 Å². The number of ketones is 1. The molecule has 0 saturated carbocycles. The maximum absolute atomic E-state index is 13.3. The number of carbonyl (C=O) groups is 1. The molecule has 1 atom stereocenters. The molecule has 0 amide bonds. The molecule has 0 fully saturated rings. The quantitative estimate of drug-likeness (QED) is 0.576. The summed E-state index contributed by atoms with van der Waals surface area (Å²) in [6.45, 7) is 11.5. The molecule has 2 aliphatic rings. The van der Waals surface area contributed by atoms with E-state index in [0.29, 0.717) is 24.9 Å². The number of rotatable bonds is 7. The average molecular weight is 441 g/mol. The zero-order valence-corrected chi connectivity index (χ0v) is 19.9. The number of allylic oxidation sites excluding steroid dienone is 2. The summed E-state index contributed by atoms with van der Waals surface area (Å²) in [4.78, 5) is 17.9. The maximum atomic E-state index is 13.3. The van der Waals surface area contributed by atoms with Crippen LogP contribution >= 0.6 is 11.8 Å². The van der Waals surface area contributed by atoms with Gasteiger partial charge in [0.15, 0.2) is 5.78 Å². The molecule has 7 heteroatoms. The van der Waals surface area contributed by atoms with Crippen LogP contribution < -0.4 is 10.1 Å². The highest BCUT2D eigenvalue weighted by molar-refractivity contribution is 7.99. The number of Topliss-reactive ketones (excluding diaryl/α,β-unsaturated/α-hetero) is 1. The van der Waals surface area contributed by atoms with Gasteiger partial charge < -0.3 is 10.1 Å². The minimum Gasteiger partial charge on any atom is -0.494 e. The molecule has 1 N–H and O–H groups in total. The predicted octanol–water partition coefficient (Wildman–Crippen LogP) is 5.47. The number of nitrogens with one attached hydrogen (secondary N) is 1. The molecule has 0 saturated heterocycles. The smallest absolute Gasteiger partial charge is 0.227 e. The van der Waals surface area contributed by atoms with E-state index in [1.54, 1.807) is 11.8 Å². The third-order valence-corrected chi connectivity index (χ3v) is 6.47. The van der Waals surface area contributed by atoms with Crippen molar-refractivity contribution in [3.05, 3.63) is 41.1 Å². The van der Waals surface area contributed by atoms with Gasteiger partial charge in [-0.2, -0.15) is 4.98 Å². The molecule has 1 aliphatic carbocycles. The number of aromatic nitrogens is 3. The Bertz CT molecular complexity index is 992. The molecular formula is C24H32N4O2S. The van der Waals surface area contributed by atoms with Crippen LogP contribution in [-0.4, -0.2) is 32.9 Å². The summed E-state index contributed by atoms with van der Waals surface area (Å²) in [5.41, 5.74) is 2.76. The molecule has 0 radical (unpaired) electrons. The number of fused-ring (bicyclic) bond motifs is 1. The highest BCUT2D eigenvalue weighted by Crippen LogP contribution is 2.45. The van der Waals surface area contributed by atoms with Crippen molar-refractivity contribution in [3.63, 3.8) is 0 Å². The standard InChI is InChI=1S/C24H32N4O2S/c1-6-31-23-26-22-25-18-13-24(4,5)14-19(29)20(18)21(28(22)27-23)16-7-9-17(10-8-16)30-12-11-15(2)3/h7-10,15,21H,6,11-14H2,1-5H3,(H,25,26,27). The van der Waals surface area contributed by atoms with Gasteiger partial charge in [-0.15, -0.1) is 5.10 Å². The largest absolute Gasteiger partial charge is 0.494 e. The number of benzene rings is 1. The first-order valence-electron chi connectivity index (χ1n) is 11.1. The monoisotopic (exact) mass is 440 g/mol. The topological polar surface area (TPSA) is 69.0 Å². The summed E-state index contributed by atoms with van der Waals surface area (Å²) < 4.78 is 7.77. The van der Waals surface area contributed by atoms with E-state index in [2.05, 4.69) is 57.1 Å². The first-order valence-corrected chi connectivity index (χ1v) is 12.1. The number of ether oxygens (including phenoxy) is 1. The Morgan fingerprint density at radius 2 is 2.00 bits per heavy atom. The SMILES string of the molecule is CCSc1nc2n(n1)C(c1ccc(OCCC(C)C)cc1)C1=C(CC(C)(C)CC1=O)N2. The van der Waals surface area contributed by atoms with Crippen LogP contribution in [0.2, 0.25) is 0 Å². The Morgan fingerprint density at radius 3 is 2.68 bits per heavy atom. The van der Waals surface area contributed by atoms with Crippen molar-refractivity contribution in [2.75, 3.05) is 17.7 Å². The molecule has 2 heterocycles. The van der Waals surface area contributed by atoms with E-state index in [4.69, 9.17) is 9.84 Å². The van der Waals surface area contributed by atoms with Crippen molar-refractivity contribution >= 4 is 23.5 Å². The van der Waals surface area contributed by atoms with Crippen LogP contribution in [0.25, 0.3) is 0 Å². The lowest BCUT2D eigenvalue weighted by atomic mass is 9.73. The number of hydrogen-bond donors (Lipinski definition) is 1. The van der Waals surface area contributed by atoms with Crippen LogP contribution in [0.15, 0.2) is 40.7 Å². The van der Waals surface area contributed by atoms with Gasteiger partial charge >= 0.3 is 0 Å². The summed E-state index contributed by atoms with van der Waals surface area (Å²) in [5, 5.41) is 8.90. The Morgan fingerprint density at radius 1 is 1.26 bits per heavy atom. The molecule has 166 valence electrons.